The van der Waals surface area contributed by atoms with E-state index < -0.39 is 23.8 Å². The molecule has 0 aromatic carbocycles. The predicted octanol–water partition coefficient (Wildman–Crippen LogP) is 0.832. The van der Waals surface area contributed by atoms with Crippen LogP contribution in [0.2, 0.25) is 0 Å². The average Bonchev–Trinajstić information content (AvgIpc) is 2.16. The fourth-order valence-electron chi connectivity index (χ4n) is 0.992. The summed E-state index contributed by atoms with van der Waals surface area (Å²) in [7, 11) is 1.15. The molecule has 15 heavy (non-hydrogen) atoms. The van der Waals surface area contributed by atoms with Crippen LogP contribution < -0.4 is 10.5 Å². The lowest BCUT2D eigenvalue weighted by atomic mass is 10.2. The van der Waals surface area contributed by atoms with E-state index in [0.29, 0.717) is 0 Å². The van der Waals surface area contributed by atoms with Gasteiger partial charge in [0.2, 0.25) is 5.88 Å². The van der Waals surface area contributed by atoms with E-state index in [4.69, 9.17) is 10.8 Å². The Kier molecular flexibility index (Phi) is 3.03. The molecule has 1 aromatic heterocycles. The molecule has 0 radical (unpaired) electrons. The van der Waals surface area contributed by atoms with Crippen LogP contribution in [0.15, 0.2) is 6.07 Å². The molecular formula is C8H8F2N2O3. The highest BCUT2D eigenvalue weighted by Gasteiger charge is 2.21. The number of aromatic hydroxyl groups is 1. The number of aromatic nitrogens is 1. The Morgan fingerprint density at radius 2 is 2.27 bits per heavy atom. The van der Waals surface area contributed by atoms with Gasteiger partial charge < -0.3 is 15.6 Å². The second-order valence-electron chi connectivity index (χ2n) is 2.61. The number of hydrogen-bond donors (Lipinski definition) is 2. The topological polar surface area (TPSA) is 85.4 Å². The van der Waals surface area contributed by atoms with E-state index in [2.05, 4.69) is 9.72 Å². The molecule has 1 rings (SSSR count). The molecule has 0 saturated carbocycles. The number of amides is 1. The quantitative estimate of drug-likeness (QED) is 0.786. The third kappa shape index (κ3) is 2.12. The van der Waals surface area contributed by atoms with E-state index >= 15 is 0 Å². The van der Waals surface area contributed by atoms with Gasteiger partial charge >= 0.3 is 0 Å². The molecule has 5 nitrogen and oxygen atoms in total. The van der Waals surface area contributed by atoms with Crippen molar-refractivity contribution in [2.24, 2.45) is 5.73 Å². The summed E-state index contributed by atoms with van der Waals surface area (Å²) in [5.41, 5.74) is 3.83. The standard InChI is InChI=1S/C8H8F2N2O3/c1-15-8-3(7(11)14)2-4(13)5(12-8)6(9)10/h2,6,13H,1H3,(H2,11,14). The van der Waals surface area contributed by atoms with Crippen molar-refractivity contribution < 1.29 is 23.4 Å². The van der Waals surface area contributed by atoms with E-state index in [9.17, 15) is 13.6 Å². The maximum absolute atomic E-state index is 12.3. The SMILES string of the molecule is COc1nc(C(F)F)c(O)cc1C(N)=O. The summed E-state index contributed by atoms with van der Waals surface area (Å²) in [5, 5.41) is 9.12. The van der Waals surface area contributed by atoms with Crippen molar-refractivity contribution in [2.45, 2.75) is 6.43 Å². The number of carbonyl (C=O) groups is 1. The van der Waals surface area contributed by atoms with Gasteiger partial charge in [-0.2, -0.15) is 0 Å². The highest BCUT2D eigenvalue weighted by molar-refractivity contribution is 5.95. The van der Waals surface area contributed by atoms with Gasteiger partial charge in [-0.3, -0.25) is 4.79 Å². The lowest BCUT2D eigenvalue weighted by molar-refractivity contribution is 0.0994. The van der Waals surface area contributed by atoms with Crippen LogP contribution in [-0.4, -0.2) is 23.1 Å². The Bertz CT molecular complexity index is 396. The number of carbonyl (C=O) groups excluding carboxylic acids is 1. The first kappa shape index (κ1) is 11.2. The number of rotatable bonds is 3. The van der Waals surface area contributed by atoms with Crippen LogP contribution in [0.3, 0.4) is 0 Å². The van der Waals surface area contributed by atoms with Gasteiger partial charge in [-0.05, 0) is 0 Å². The second-order valence-corrected chi connectivity index (χ2v) is 2.61. The van der Waals surface area contributed by atoms with Crippen LogP contribution in [0, 0.1) is 0 Å². The van der Waals surface area contributed by atoms with Crippen molar-refractivity contribution in [1.82, 2.24) is 4.98 Å². The number of primary amides is 1. The van der Waals surface area contributed by atoms with E-state index in [1.165, 1.54) is 0 Å². The largest absolute Gasteiger partial charge is 0.506 e. The summed E-state index contributed by atoms with van der Waals surface area (Å²) < 4.78 is 29.2. The summed E-state index contributed by atoms with van der Waals surface area (Å²) in [5.74, 6) is -2.05. The van der Waals surface area contributed by atoms with Gasteiger partial charge in [0, 0.05) is 6.07 Å². The second kappa shape index (κ2) is 4.07. The van der Waals surface area contributed by atoms with E-state index in [1.807, 2.05) is 0 Å². The van der Waals surface area contributed by atoms with Crippen molar-refractivity contribution in [1.29, 1.82) is 0 Å². The zero-order valence-electron chi connectivity index (χ0n) is 7.70. The maximum atomic E-state index is 12.3. The van der Waals surface area contributed by atoms with Crippen LogP contribution >= 0.6 is 0 Å². The number of halogens is 2. The smallest absolute Gasteiger partial charge is 0.284 e. The van der Waals surface area contributed by atoms with E-state index in [1.54, 1.807) is 0 Å². The summed E-state index contributed by atoms with van der Waals surface area (Å²) in [6, 6.07) is 0.801. The van der Waals surface area contributed by atoms with Gasteiger partial charge in [0.15, 0.2) is 5.69 Å². The predicted molar refractivity (Wildman–Crippen MR) is 45.9 cm³/mol. The molecule has 3 N–H and O–H groups in total. The van der Waals surface area contributed by atoms with Crippen LogP contribution in [0.1, 0.15) is 22.5 Å². The third-order valence-electron chi connectivity index (χ3n) is 1.66. The highest BCUT2D eigenvalue weighted by atomic mass is 19.3. The van der Waals surface area contributed by atoms with Gasteiger partial charge in [-0.25, -0.2) is 13.8 Å². The molecular weight excluding hydrogens is 210 g/mol. The fourth-order valence-corrected chi connectivity index (χ4v) is 0.992. The fraction of sp³-hybridized carbons (Fsp3) is 0.250. The lowest BCUT2D eigenvalue weighted by Gasteiger charge is -2.08. The number of nitrogens with two attached hydrogens (primary N) is 1. The normalized spacial score (nSPS) is 10.4. The third-order valence-corrected chi connectivity index (χ3v) is 1.66. The first-order chi connectivity index (χ1) is 6.97. The molecule has 0 aliphatic rings. The van der Waals surface area contributed by atoms with Crippen LogP contribution in [0.25, 0.3) is 0 Å². The summed E-state index contributed by atoms with van der Waals surface area (Å²) in [6.07, 6.45) is -2.96. The summed E-state index contributed by atoms with van der Waals surface area (Å²) in [4.78, 5) is 14.1. The Morgan fingerprint density at radius 1 is 1.67 bits per heavy atom. The molecule has 0 saturated heterocycles. The molecule has 1 aromatic rings. The minimum absolute atomic E-state index is 0.251. The number of methoxy groups -OCH3 is 1. The summed E-state index contributed by atoms with van der Waals surface area (Å²) in [6.45, 7) is 0. The van der Waals surface area contributed by atoms with Crippen LogP contribution in [0.4, 0.5) is 8.78 Å². The van der Waals surface area contributed by atoms with Gasteiger partial charge in [-0.1, -0.05) is 0 Å². The molecule has 0 atom stereocenters. The monoisotopic (exact) mass is 218 g/mol. The molecule has 7 heteroatoms. The van der Waals surface area contributed by atoms with Gasteiger partial charge in [0.05, 0.1) is 7.11 Å². The van der Waals surface area contributed by atoms with Gasteiger partial charge in [0.25, 0.3) is 12.3 Å². The number of ether oxygens (including phenoxy) is 1. The Balaban J connectivity index is 3.35. The molecule has 0 aliphatic heterocycles. The minimum atomic E-state index is -2.96. The zero-order chi connectivity index (χ0) is 11.6. The van der Waals surface area contributed by atoms with Crippen molar-refractivity contribution >= 4 is 5.91 Å². The Hall–Kier alpha value is -1.92. The zero-order valence-corrected chi connectivity index (χ0v) is 7.70. The average molecular weight is 218 g/mol. The lowest BCUT2D eigenvalue weighted by Crippen LogP contribution is -2.14. The molecule has 0 fully saturated rings. The summed E-state index contributed by atoms with van der Waals surface area (Å²) >= 11 is 0. The molecule has 0 bridgehead atoms. The van der Waals surface area contributed by atoms with Crippen molar-refractivity contribution in [3.63, 3.8) is 0 Å². The number of alkyl halides is 2. The van der Waals surface area contributed by atoms with Crippen LogP contribution in [0.5, 0.6) is 11.6 Å². The number of pyridine rings is 1. The first-order valence-electron chi connectivity index (χ1n) is 3.83. The van der Waals surface area contributed by atoms with E-state index in [-0.39, 0.29) is 11.4 Å². The molecule has 0 unspecified atom stereocenters. The Morgan fingerprint density at radius 3 is 2.67 bits per heavy atom. The maximum Gasteiger partial charge on any atom is 0.284 e. The number of hydrogen-bond acceptors (Lipinski definition) is 4. The minimum Gasteiger partial charge on any atom is -0.506 e. The van der Waals surface area contributed by atoms with Crippen molar-refractivity contribution in [3.05, 3.63) is 17.3 Å². The number of nitrogens with zero attached hydrogens (tertiary/aromatic N) is 1. The molecule has 1 heterocycles. The molecule has 82 valence electrons. The van der Waals surface area contributed by atoms with Crippen LogP contribution in [-0.2, 0) is 0 Å². The first-order valence-corrected chi connectivity index (χ1v) is 3.83. The van der Waals surface area contributed by atoms with Gasteiger partial charge in [-0.15, -0.1) is 0 Å². The van der Waals surface area contributed by atoms with Crippen molar-refractivity contribution in [3.8, 4) is 11.6 Å². The van der Waals surface area contributed by atoms with Gasteiger partial charge in [0.1, 0.15) is 11.3 Å². The molecule has 0 aliphatic carbocycles. The molecule has 0 spiro atoms. The van der Waals surface area contributed by atoms with Crippen molar-refractivity contribution in [2.75, 3.05) is 7.11 Å². The highest BCUT2D eigenvalue weighted by Crippen LogP contribution is 2.30. The molecule has 1 amide bonds. The Labute approximate surface area is 83.5 Å². The van der Waals surface area contributed by atoms with E-state index in [0.717, 1.165) is 13.2 Å².